The Labute approximate surface area is 249 Å². The second-order valence-corrected chi connectivity index (χ2v) is 12.3. The van der Waals surface area contributed by atoms with Crippen molar-refractivity contribution in [1.29, 1.82) is 0 Å². The third-order valence-electron chi connectivity index (χ3n) is 7.96. The first kappa shape index (κ1) is 29.6. The van der Waals surface area contributed by atoms with Crippen LogP contribution in [0.1, 0.15) is 40.4 Å². The van der Waals surface area contributed by atoms with Crippen LogP contribution in [0.15, 0.2) is 40.2 Å². The Morgan fingerprint density at radius 3 is 2.77 bits per heavy atom. The van der Waals surface area contributed by atoms with Crippen LogP contribution < -0.4 is 10.6 Å². The first-order chi connectivity index (χ1) is 20.6. The lowest BCUT2D eigenvalue weighted by molar-refractivity contribution is -0.139. The highest BCUT2D eigenvalue weighted by Crippen LogP contribution is 2.35. The molecular formula is C29H33F4N7O2S. The maximum Gasteiger partial charge on any atom is 0.406 e. The van der Waals surface area contributed by atoms with Gasteiger partial charge in [0.2, 0.25) is 11.7 Å². The van der Waals surface area contributed by atoms with Crippen molar-refractivity contribution in [3.8, 4) is 11.5 Å². The summed E-state index contributed by atoms with van der Waals surface area (Å²) in [5, 5.41) is 12.2. The zero-order valence-corrected chi connectivity index (χ0v) is 24.5. The number of alkyl halides is 4. The van der Waals surface area contributed by atoms with E-state index in [1.807, 2.05) is 18.0 Å². The topological polar surface area (TPSA) is 91.5 Å². The molecule has 0 radical (unpaired) electrons. The Bertz CT molecular complexity index is 1580. The summed E-state index contributed by atoms with van der Waals surface area (Å²) in [5.41, 5.74) is 1.48. The molecule has 14 heteroatoms. The quantitative estimate of drug-likeness (QED) is 0.246. The molecule has 1 aromatic carbocycles. The van der Waals surface area contributed by atoms with E-state index in [-0.39, 0.29) is 36.4 Å². The van der Waals surface area contributed by atoms with Crippen LogP contribution in [-0.4, -0.2) is 82.0 Å². The third kappa shape index (κ3) is 6.86. The van der Waals surface area contributed by atoms with E-state index in [0.717, 1.165) is 29.1 Å². The lowest BCUT2D eigenvalue weighted by Crippen LogP contribution is -2.46. The van der Waals surface area contributed by atoms with E-state index in [0.29, 0.717) is 35.1 Å². The van der Waals surface area contributed by atoms with E-state index in [1.165, 1.54) is 24.2 Å². The second kappa shape index (κ2) is 12.2. The normalized spacial score (nSPS) is 20.2. The summed E-state index contributed by atoms with van der Waals surface area (Å²) in [5.74, 6) is -0.281. The van der Waals surface area contributed by atoms with E-state index in [1.54, 1.807) is 29.6 Å². The van der Waals surface area contributed by atoms with Gasteiger partial charge in [-0.25, -0.2) is 4.39 Å². The number of hydrogen-bond donors (Lipinski definition) is 2. The number of nitrogens with one attached hydrogen (secondary N) is 2. The van der Waals surface area contributed by atoms with Gasteiger partial charge in [0, 0.05) is 41.0 Å². The van der Waals surface area contributed by atoms with E-state index in [9.17, 15) is 22.4 Å². The summed E-state index contributed by atoms with van der Waals surface area (Å²) in [6.07, 6.45) is -2.69. The number of hydrogen-bond acceptors (Lipinski definition) is 8. The first-order valence-corrected chi connectivity index (χ1v) is 15.2. The lowest BCUT2D eigenvalue weighted by Gasteiger charge is -2.33. The van der Waals surface area contributed by atoms with Gasteiger partial charge in [-0.15, -0.1) is 11.3 Å². The Morgan fingerprint density at radius 2 is 2.00 bits per heavy atom. The Kier molecular flexibility index (Phi) is 8.42. The SMILES string of the molecule is CN1CC[C@@H](Nc2cccc3c2cc(-c2noc(CNC(=O)c4csc(CN5CCCC5)c4)n2)n3CC(F)(F)F)[C@@H](F)C1. The van der Waals surface area contributed by atoms with Gasteiger partial charge in [0.05, 0.1) is 29.4 Å². The summed E-state index contributed by atoms with van der Waals surface area (Å²) in [6, 6.07) is 7.92. The lowest BCUT2D eigenvalue weighted by atomic mass is 10.0. The molecule has 4 aromatic rings. The molecule has 2 aliphatic heterocycles. The summed E-state index contributed by atoms with van der Waals surface area (Å²) in [4.78, 5) is 22.4. The minimum absolute atomic E-state index is 0.0401. The highest BCUT2D eigenvalue weighted by atomic mass is 32.1. The van der Waals surface area contributed by atoms with E-state index < -0.39 is 24.9 Å². The molecule has 6 rings (SSSR count). The summed E-state index contributed by atoms with van der Waals surface area (Å²) in [7, 11) is 1.85. The Morgan fingerprint density at radius 1 is 1.19 bits per heavy atom. The van der Waals surface area contributed by atoms with Crippen molar-refractivity contribution in [2.45, 2.75) is 57.3 Å². The van der Waals surface area contributed by atoms with Crippen molar-refractivity contribution in [1.82, 2.24) is 29.8 Å². The zero-order valence-electron chi connectivity index (χ0n) is 23.7. The highest BCUT2D eigenvalue weighted by Gasteiger charge is 2.32. The minimum atomic E-state index is -4.52. The Balaban J connectivity index is 1.20. The fourth-order valence-corrected chi connectivity index (χ4v) is 6.70. The molecule has 0 bridgehead atoms. The van der Waals surface area contributed by atoms with Gasteiger partial charge in [-0.3, -0.25) is 9.69 Å². The number of amides is 1. The van der Waals surface area contributed by atoms with E-state index in [4.69, 9.17) is 4.52 Å². The van der Waals surface area contributed by atoms with Gasteiger partial charge in [-0.05, 0) is 63.7 Å². The van der Waals surface area contributed by atoms with Gasteiger partial charge in [0.1, 0.15) is 12.7 Å². The first-order valence-electron chi connectivity index (χ1n) is 14.3. The molecule has 2 atom stereocenters. The summed E-state index contributed by atoms with van der Waals surface area (Å²) in [6.45, 7) is 2.59. The largest absolute Gasteiger partial charge is 0.406 e. The number of likely N-dealkylation sites (tertiary alicyclic amines) is 2. The van der Waals surface area contributed by atoms with Crippen LogP contribution in [0.2, 0.25) is 0 Å². The molecule has 0 spiro atoms. The highest BCUT2D eigenvalue weighted by molar-refractivity contribution is 7.10. The molecule has 43 heavy (non-hydrogen) atoms. The fraction of sp³-hybridized carbons (Fsp3) is 0.483. The van der Waals surface area contributed by atoms with E-state index in [2.05, 4.69) is 25.7 Å². The molecule has 1 amide bonds. The average Bonchev–Trinajstić information content (AvgIpc) is 3.77. The fourth-order valence-electron chi connectivity index (χ4n) is 5.80. The summed E-state index contributed by atoms with van der Waals surface area (Å²) >= 11 is 1.53. The standard InChI is InChI=1S/C29H33F4N7O2S/c1-38-10-7-23(21(30)15-38)35-22-5-4-6-24-20(22)12-25(40(24)17-29(31,32)33)27-36-26(42-37-27)13-34-28(41)18-11-19(43-16-18)14-39-8-2-3-9-39/h4-6,11-12,16,21,23,35H,2-3,7-10,13-15,17H2,1H3,(H,34,41)/t21-,23+/m0/s1. The van der Waals surface area contributed by atoms with Gasteiger partial charge >= 0.3 is 6.18 Å². The molecule has 2 aliphatic rings. The third-order valence-corrected chi connectivity index (χ3v) is 8.88. The molecule has 3 aromatic heterocycles. The summed E-state index contributed by atoms with van der Waals surface area (Å²) < 4.78 is 62.2. The smallest absolute Gasteiger partial charge is 0.379 e. The molecule has 0 saturated carbocycles. The number of rotatable bonds is 9. The predicted octanol–water partition coefficient (Wildman–Crippen LogP) is 5.30. The number of anilines is 1. The van der Waals surface area contributed by atoms with Gasteiger partial charge in [-0.1, -0.05) is 11.2 Å². The van der Waals surface area contributed by atoms with E-state index >= 15 is 0 Å². The molecular weight excluding hydrogens is 586 g/mol. The van der Waals surface area contributed by atoms with Crippen molar-refractivity contribution in [2.24, 2.45) is 0 Å². The number of piperidine rings is 1. The number of thiophene rings is 1. The molecule has 2 fully saturated rings. The van der Waals surface area contributed by atoms with Crippen LogP contribution in [0.5, 0.6) is 0 Å². The number of benzene rings is 1. The van der Waals surface area contributed by atoms with Crippen molar-refractivity contribution in [3.63, 3.8) is 0 Å². The number of aromatic nitrogens is 3. The molecule has 0 unspecified atom stereocenters. The molecule has 2 N–H and O–H groups in total. The maximum absolute atomic E-state index is 14.8. The second-order valence-electron chi connectivity index (χ2n) is 11.3. The molecule has 9 nitrogen and oxygen atoms in total. The number of carbonyl (C=O) groups is 1. The van der Waals surface area contributed by atoms with Crippen LogP contribution in [0, 0.1) is 0 Å². The maximum atomic E-state index is 14.8. The molecule has 2 saturated heterocycles. The van der Waals surface area contributed by atoms with Crippen LogP contribution in [0.3, 0.4) is 0 Å². The van der Waals surface area contributed by atoms with Gasteiger partial charge in [0.15, 0.2) is 0 Å². The number of halogens is 4. The van der Waals surface area contributed by atoms with Gasteiger partial charge in [-0.2, -0.15) is 18.2 Å². The van der Waals surface area contributed by atoms with Crippen LogP contribution in [0.4, 0.5) is 23.2 Å². The predicted molar refractivity (Wildman–Crippen MR) is 156 cm³/mol. The number of nitrogens with zero attached hydrogens (tertiary/aromatic N) is 5. The molecule has 0 aliphatic carbocycles. The van der Waals surface area contributed by atoms with Crippen molar-refractivity contribution in [2.75, 3.05) is 38.5 Å². The number of carbonyl (C=O) groups excluding carboxylic acids is 1. The van der Waals surface area contributed by atoms with Gasteiger partial charge < -0.3 is 24.6 Å². The average molecular weight is 620 g/mol. The van der Waals surface area contributed by atoms with Crippen molar-refractivity contribution in [3.05, 3.63) is 52.0 Å². The van der Waals surface area contributed by atoms with Crippen molar-refractivity contribution < 1.29 is 26.9 Å². The van der Waals surface area contributed by atoms with Gasteiger partial charge in [0.25, 0.3) is 5.91 Å². The Hall–Kier alpha value is -3.49. The zero-order chi connectivity index (χ0) is 30.1. The molecule has 230 valence electrons. The number of fused-ring (bicyclic) bond motifs is 1. The monoisotopic (exact) mass is 619 g/mol. The van der Waals surface area contributed by atoms with Crippen LogP contribution >= 0.6 is 11.3 Å². The van der Waals surface area contributed by atoms with Crippen LogP contribution in [0.25, 0.3) is 22.4 Å². The van der Waals surface area contributed by atoms with Crippen molar-refractivity contribution >= 4 is 33.8 Å². The minimum Gasteiger partial charge on any atom is -0.379 e. The van der Waals surface area contributed by atoms with Crippen LogP contribution in [-0.2, 0) is 19.6 Å². The molecule has 5 heterocycles.